The minimum Gasteiger partial charge on any atom is -0.280 e. The number of hydrogen-bond donors (Lipinski definition) is 1. The lowest BCUT2D eigenvalue weighted by atomic mass is 10.1. The summed E-state index contributed by atoms with van der Waals surface area (Å²) in [5, 5.41) is 8.29. The Kier molecular flexibility index (Phi) is 3.12. The van der Waals surface area contributed by atoms with Gasteiger partial charge in [-0.1, -0.05) is 0 Å². The molecule has 68 valence electrons. The molecule has 0 fully saturated rings. The molecule has 0 atom stereocenters. The van der Waals surface area contributed by atoms with E-state index in [2.05, 4.69) is 36.4 Å². The second-order valence-corrected chi connectivity index (χ2v) is 5.29. The third-order valence-electron chi connectivity index (χ3n) is 1.92. The highest BCUT2D eigenvalue weighted by atomic mass is 32.2. The van der Waals surface area contributed by atoms with Crippen molar-refractivity contribution >= 4 is 23.5 Å². The van der Waals surface area contributed by atoms with Gasteiger partial charge in [0.25, 0.3) is 0 Å². The minimum atomic E-state index is 0.140. The van der Waals surface area contributed by atoms with Crippen molar-refractivity contribution in [2.45, 2.75) is 23.6 Å². The molecule has 0 radical (unpaired) electrons. The number of rotatable bonds is 3. The SMILES string of the molecule is CSc1cc(C(C)(C)SC)[nH]n1. The van der Waals surface area contributed by atoms with Crippen LogP contribution in [0.4, 0.5) is 0 Å². The summed E-state index contributed by atoms with van der Waals surface area (Å²) < 4.78 is 0.140. The zero-order valence-electron chi connectivity index (χ0n) is 7.84. The van der Waals surface area contributed by atoms with Gasteiger partial charge in [0.05, 0.1) is 10.4 Å². The molecule has 1 aromatic rings. The highest BCUT2D eigenvalue weighted by molar-refractivity contribution is 7.99. The Morgan fingerprint density at radius 2 is 2.08 bits per heavy atom. The lowest BCUT2D eigenvalue weighted by Gasteiger charge is -2.19. The van der Waals surface area contributed by atoms with Crippen molar-refractivity contribution in [3.8, 4) is 0 Å². The Morgan fingerprint density at radius 3 is 2.50 bits per heavy atom. The van der Waals surface area contributed by atoms with Crippen LogP contribution in [0.3, 0.4) is 0 Å². The summed E-state index contributed by atoms with van der Waals surface area (Å²) in [6.07, 6.45) is 4.14. The average molecular weight is 202 g/mol. The van der Waals surface area contributed by atoms with E-state index in [0.717, 1.165) is 5.03 Å². The van der Waals surface area contributed by atoms with E-state index in [1.54, 1.807) is 11.8 Å². The maximum Gasteiger partial charge on any atom is 0.118 e. The van der Waals surface area contributed by atoms with Crippen LogP contribution in [-0.2, 0) is 4.75 Å². The van der Waals surface area contributed by atoms with E-state index >= 15 is 0 Å². The van der Waals surface area contributed by atoms with Gasteiger partial charge in [-0.3, -0.25) is 5.10 Å². The van der Waals surface area contributed by atoms with Crippen LogP contribution in [0.1, 0.15) is 19.5 Å². The van der Waals surface area contributed by atoms with Gasteiger partial charge in [-0.2, -0.15) is 16.9 Å². The van der Waals surface area contributed by atoms with E-state index in [9.17, 15) is 0 Å². The Balaban J connectivity index is 2.88. The molecule has 0 amide bonds. The molecule has 1 rings (SSSR count). The first-order chi connectivity index (χ1) is 5.60. The molecule has 0 saturated heterocycles. The van der Waals surface area contributed by atoms with Crippen molar-refractivity contribution in [3.05, 3.63) is 11.8 Å². The highest BCUT2D eigenvalue weighted by Gasteiger charge is 2.21. The van der Waals surface area contributed by atoms with Gasteiger partial charge in [-0.05, 0) is 32.4 Å². The predicted octanol–water partition coefficient (Wildman–Crippen LogP) is 2.73. The van der Waals surface area contributed by atoms with Crippen LogP contribution in [0.15, 0.2) is 11.1 Å². The molecule has 0 unspecified atom stereocenters. The summed E-state index contributed by atoms with van der Waals surface area (Å²) >= 11 is 3.49. The summed E-state index contributed by atoms with van der Waals surface area (Å²) in [6.45, 7) is 4.38. The molecule has 0 spiro atoms. The molecule has 0 aliphatic carbocycles. The highest BCUT2D eigenvalue weighted by Crippen LogP contribution is 2.33. The van der Waals surface area contributed by atoms with Crippen LogP contribution in [0, 0.1) is 0 Å². The molecular formula is C8H14N2S2. The lowest BCUT2D eigenvalue weighted by Crippen LogP contribution is -2.11. The van der Waals surface area contributed by atoms with Crippen LogP contribution >= 0.6 is 23.5 Å². The summed E-state index contributed by atoms with van der Waals surface area (Å²) in [7, 11) is 0. The Morgan fingerprint density at radius 1 is 1.42 bits per heavy atom. The molecule has 0 bridgehead atoms. The van der Waals surface area contributed by atoms with Gasteiger partial charge in [0.1, 0.15) is 5.03 Å². The predicted molar refractivity (Wildman–Crippen MR) is 56.9 cm³/mol. The molecule has 1 N–H and O–H groups in total. The number of nitrogens with one attached hydrogen (secondary N) is 1. The van der Waals surface area contributed by atoms with Gasteiger partial charge < -0.3 is 0 Å². The van der Waals surface area contributed by atoms with Crippen LogP contribution in [0.25, 0.3) is 0 Å². The normalized spacial score (nSPS) is 12.0. The fourth-order valence-corrected chi connectivity index (χ4v) is 1.52. The summed E-state index contributed by atoms with van der Waals surface area (Å²) in [4.78, 5) is 0. The first-order valence-electron chi connectivity index (χ1n) is 3.75. The topological polar surface area (TPSA) is 28.7 Å². The number of thioether (sulfide) groups is 2. The molecule has 4 heteroatoms. The van der Waals surface area contributed by atoms with Crippen LogP contribution in [0.5, 0.6) is 0 Å². The molecule has 12 heavy (non-hydrogen) atoms. The molecule has 1 heterocycles. The summed E-state index contributed by atoms with van der Waals surface area (Å²) in [6, 6.07) is 2.11. The fraction of sp³-hybridized carbons (Fsp3) is 0.625. The average Bonchev–Trinajstić information content (AvgIpc) is 2.52. The van der Waals surface area contributed by atoms with Crippen molar-refractivity contribution in [1.29, 1.82) is 0 Å². The van der Waals surface area contributed by atoms with Gasteiger partial charge in [-0.15, -0.1) is 11.8 Å². The number of H-pyrrole nitrogens is 1. The zero-order chi connectivity index (χ0) is 9.19. The molecule has 0 aliphatic heterocycles. The van der Waals surface area contributed by atoms with Crippen LogP contribution in [-0.4, -0.2) is 22.7 Å². The van der Waals surface area contributed by atoms with Crippen molar-refractivity contribution < 1.29 is 0 Å². The first kappa shape index (κ1) is 9.99. The van der Waals surface area contributed by atoms with Gasteiger partial charge >= 0.3 is 0 Å². The van der Waals surface area contributed by atoms with E-state index in [0.29, 0.717) is 0 Å². The van der Waals surface area contributed by atoms with Crippen molar-refractivity contribution in [3.63, 3.8) is 0 Å². The first-order valence-corrected chi connectivity index (χ1v) is 6.20. The van der Waals surface area contributed by atoms with E-state index in [4.69, 9.17) is 0 Å². The van der Waals surface area contributed by atoms with Crippen molar-refractivity contribution in [2.75, 3.05) is 12.5 Å². The fourth-order valence-electron chi connectivity index (χ4n) is 0.826. The molecular weight excluding hydrogens is 188 g/mol. The molecule has 0 saturated carbocycles. The maximum atomic E-state index is 4.17. The quantitative estimate of drug-likeness (QED) is 0.764. The number of nitrogens with zero attached hydrogens (tertiary/aromatic N) is 1. The van der Waals surface area contributed by atoms with Gasteiger partial charge in [0.2, 0.25) is 0 Å². The van der Waals surface area contributed by atoms with E-state index in [1.807, 2.05) is 18.0 Å². The Hall–Kier alpha value is -0.0900. The number of aromatic nitrogens is 2. The second-order valence-electron chi connectivity index (χ2n) is 3.04. The minimum absolute atomic E-state index is 0.140. The Bertz CT molecular complexity index is 255. The monoisotopic (exact) mass is 202 g/mol. The van der Waals surface area contributed by atoms with Gasteiger partial charge in [0, 0.05) is 0 Å². The zero-order valence-corrected chi connectivity index (χ0v) is 9.47. The standard InChI is InChI=1S/C8H14N2S2/c1-8(2,12-4)6-5-7(11-3)10-9-6/h5H,1-4H3,(H,9,10). The van der Waals surface area contributed by atoms with Crippen LogP contribution < -0.4 is 0 Å². The molecule has 0 aromatic carbocycles. The second kappa shape index (κ2) is 3.75. The van der Waals surface area contributed by atoms with Gasteiger partial charge in [0.15, 0.2) is 0 Å². The third-order valence-corrected chi connectivity index (χ3v) is 3.79. The molecule has 0 aliphatic rings. The van der Waals surface area contributed by atoms with Crippen molar-refractivity contribution in [1.82, 2.24) is 10.2 Å². The number of aromatic amines is 1. The number of hydrogen-bond acceptors (Lipinski definition) is 3. The Labute approximate surface area is 81.9 Å². The third kappa shape index (κ3) is 1.98. The largest absolute Gasteiger partial charge is 0.280 e. The molecule has 2 nitrogen and oxygen atoms in total. The van der Waals surface area contributed by atoms with E-state index in [-0.39, 0.29) is 4.75 Å². The summed E-state index contributed by atoms with van der Waals surface area (Å²) in [5.74, 6) is 0. The summed E-state index contributed by atoms with van der Waals surface area (Å²) in [5.41, 5.74) is 1.19. The van der Waals surface area contributed by atoms with E-state index in [1.165, 1.54) is 5.69 Å². The lowest BCUT2D eigenvalue weighted by molar-refractivity contribution is 0.741. The van der Waals surface area contributed by atoms with Crippen LogP contribution in [0.2, 0.25) is 0 Å². The van der Waals surface area contributed by atoms with Crippen molar-refractivity contribution in [2.24, 2.45) is 0 Å². The van der Waals surface area contributed by atoms with Gasteiger partial charge in [-0.25, -0.2) is 0 Å². The smallest absolute Gasteiger partial charge is 0.118 e. The van der Waals surface area contributed by atoms with E-state index < -0.39 is 0 Å². The maximum absolute atomic E-state index is 4.17. The molecule has 1 aromatic heterocycles.